The van der Waals surface area contributed by atoms with E-state index in [9.17, 15) is 9.59 Å². The second-order valence-corrected chi connectivity index (χ2v) is 6.49. The van der Waals surface area contributed by atoms with E-state index >= 15 is 0 Å². The minimum atomic E-state index is -0.128. The topological polar surface area (TPSA) is 88.3 Å². The van der Waals surface area contributed by atoms with Gasteiger partial charge in [-0.05, 0) is 25.7 Å². The number of thioether (sulfide) groups is 1. The van der Waals surface area contributed by atoms with Crippen LogP contribution in [0.1, 0.15) is 37.5 Å². The first-order valence-corrected chi connectivity index (χ1v) is 8.10. The fourth-order valence-electron chi connectivity index (χ4n) is 1.81. The Labute approximate surface area is 126 Å². The van der Waals surface area contributed by atoms with Crippen molar-refractivity contribution in [2.45, 2.75) is 42.9 Å². The maximum atomic E-state index is 11.9. The summed E-state index contributed by atoms with van der Waals surface area (Å²) in [6.07, 6.45) is 4.29. The zero-order valence-electron chi connectivity index (χ0n) is 11.9. The molecule has 0 aromatic carbocycles. The average Bonchev–Trinajstić information content (AvgIpc) is 3.37. The molecule has 7 nitrogen and oxygen atoms in total. The molecule has 0 radical (unpaired) electrons. The zero-order valence-corrected chi connectivity index (χ0v) is 12.7. The third kappa shape index (κ3) is 4.20. The SMILES string of the molecule is CN(CC(=O)NC1CC1)C(=O)CSc1nnc(C2CC2)o1. The molecule has 0 spiro atoms. The molecule has 2 fully saturated rings. The Bertz CT molecular complexity index is 539. The molecule has 1 heterocycles. The summed E-state index contributed by atoms with van der Waals surface area (Å²) in [5.74, 6) is 1.04. The summed E-state index contributed by atoms with van der Waals surface area (Å²) in [7, 11) is 1.62. The summed E-state index contributed by atoms with van der Waals surface area (Å²) >= 11 is 1.21. The maximum Gasteiger partial charge on any atom is 0.277 e. The predicted octanol–water partition coefficient (Wildman–Crippen LogP) is 0.776. The van der Waals surface area contributed by atoms with Crippen LogP contribution in [0, 0.1) is 0 Å². The number of rotatable bonds is 7. The molecule has 1 aromatic rings. The summed E-state index contributed by atoms with van der Waals surface area (Å²) in [5, 5.41) is 11.1. The summed E-state index contributed by atoms with van der Waals surface area (Å²) < 4.78 is 5.47. The molecular formula is C13H18N4O3S. The van der Waals surface area contributed by atoms with E-state index in [1.807, 2.05) is 0 Å². The fraction of sp³-hybridized carbons (Fsp3) is 0.692. The molecule has 21 heavy (non-hydrogen) atoms. The van der Waals surface area contributed by atoms with Crippen molar-refractivity contribution in [3.05, 3.63) is 5.89 Å². The van der Waals surface area contributed by atoms with E-state index in [1.54, 1.807) is 7.05 Å². The van der Waals surface area contributed by atoms with Crippen molar-refractivity contribution in [1.82, 2.24) is 20.4 Å². The molecule has 2 aliphatic carbocycles. The Morgan fingerprint density at radius 2 is 2.10 bits per heavy atom. The van der Waals surface area contributed by atoms with Gasteiger partial charge < -0.3 is 14.6 Å². The van der Waals surface area contributed by atoms with Crippen LogP contribution in [0.25, 0.3) is 0 Å². The van der Waals surface area contributed by atoms with Crippen molar-refractivity contribution < 1.29 is 14.0 Å². The summed E-state index contributed by atoms with van der Waals surface area (Å²) in [4.78, 5) is 25.0. The molecule has 114 valence electrons. The molecule has 0 atom stereocenters. The highest BCUT2D eigenvalue weighted by atomic mass is 32.2. The number of nitrogens with one attached hydrogen (secondary N) is 1. The van der Waals surface area contributed by atoms with Crippen LogP contribution < -0.4 is 5.32 Å². The monoisotopic (exact) mass is 310 g/mol. The van der Waals surface area contributed by atoms with Gasteiger partial charge in [0.05, 0.1) is 12.3 Å². The third-order valence-electron chi connectivity index (χ3n) is 3.42. The summed E-state index contributed by atoms with van der Waals surface area (Å²) in [6.45, 7) is 0.0903. The van der Waals surface area contributed by atoms with Crippen molar-refractivity contribution in [3.63, 3.8) is 0 Å². The van der Waals surface area contributed by atoms with Crippen LogP contribution in [0.2, 0.25) is 0 Å². The first-order chi connectivity index (χ1) is 10.1. The molecule has 1 N–H and O–H groups in total. The van der Waals surface area contributed by atoms with Gasteiger partial charge in [-0.2, -0.15) is 0 Å². The summed E-state index contributed by atoms with van der Waals surface area (Å²) in [5.41, 5.74) is 0. The number of aromatic nitrogens is 2. The highest BCUT2D eigenvalue weighted by Gasteiger charge is 2.29. The molecule has 0 saturated heterocycles. The van der Waals surface area contributed by atoms with Crippen LogP contribution in [-0.4, -0.2) is 52.3 Å². The number of hydrogen-bond donors (Lipinski definition) is 1. The van der Waals surface area contributed by atoms with Gasteiger partial charge in [-0.3, -0.25) is 9.59 Å². The lowest BCUT2D eigenvalue weighted by atomic mass is 10.4. The number of nitrogens with zero attached hydrogens (tertiary/aromatic N) is 3. The van der Waals surface area contributed by atoms with Crippen molar-refractivity contribution in [2.24, 2.45) is 0 Å². The second kappa shape index (κ2) is 6.05. The molecule has 2 saturated carbocycles. The molecule has 1 aromatic heterocycles. The van der Waals surface area contributed by atoms with Crippen molar-refractivity contribution in [2.75, 3.05) is 19.3 Å². The molecule has 2 amide bonds. The Hall–Kier alpha value is -1.57. The van der Waals surface area contributed by atoms with Crippen LogP contribution >= 0.6 is 11.8 Å². The second-order valence-electron chi connectivity index (χ2n) is 5.56. The number of amides is 2. The molecule has 0 aliphatic heterocycles. The van der Waals surface area contributed by atoms with E-state index < -0.39 is 0 Å². The first-order valence-electron chi connectivity index (χ1n) is 7.11. The van der Waals surface area contributed by atoms with Crippen molar-refractivity contribution in [3.8, 4) is 0 Å². The van der Waals surface area contributed by atoms with Crippen molar-refractivity contribution in [1.29, 1.82) is 0 Å². The Morgan fingerprint density at radius 3 is 2.76 bits per heavy atom. The Balaban J connectivity index is 1.40. The van der Waals surface area contributed by atoms with E-state index in [0.29, 0.717) is 23.1 Å². The largest absolute Gasteiger partial charge is 0.416 e. The normalized spacial score (nSPS) is 17.6. The van der Waals surface area contributed by atoms with E-state index in [2.05, 4.69) is 15.5 Å². The van der Waals surface area contributed by atoms with Crippen molar-refractivity contribution >= 4 is 23.6 Å². The van der Waals surface area contributed by atoms with Crippen LogP contribution in [-0.2, 0) is 9.59 Å². The molecule has 0 bridgehead atoms. The molecule has 3 rings (SSSR count). The number of carbonyl (C=O) groups is 2. The highest BCUT2D eigenvalue weighted by Crippen LogP contribution is 2.39. The predicted molar refractivity (Wildman–Crippen MR) is 75.8 cm³/mol. The van der Waals surface area contributed by atoms with Gasteiger partial charge in [-0.25, -0.2) is 0 Å². The van der Waals surface area contributed by atoms with Gasteiger partial charge in [0.25, 0.3) is 5.22 Å². The summed E-state index contributed by atoms with van der Waals surface area (Å²) in [6, 6.07) is 0.314. The van der Waals surface area contributed by atoms with Crippen LogP contribution in [0.5, 0.6) is 0 Å². The Morgan fingerprint density at radius 1 is 1.33 bits per heavy atom. The van der Waals surface area contributed by atoms with Gasteiger partial charge in [0.2, 0.25) is 17.7 Å². The van der Waals surface area contributed by atoms with E-state index in [-0.39, 0.29) is 24.1 Å². The first kappa shape index (κ1) is 14.4. The average molecular weight is 310 g/mol. The lowest BCUT2D eigenvalue weighted by molar-refractivity contribution is -0.132. The zero-order chi connectivity index (χ0) is 14.8. The van der Waals surface area contributed by atoms with Gasteiger partial charge in [-0.15, -0.1) is 10.2 Å². The minimum Gasteiger partial charge on any atom is -0.416 e. The van der Waals surface area contributed by atoms with Gasteiger partial charge in [0, 0.05) is 19.0 Å². The minimum absolute atomic E-state index is 0.0903. The van der Waals surface area contributed by atoms with E-state index in [0.717, 1.165) is 25.7 Å². The van der Waals surface area contributed by atoms with Crippen LogP contribution in [0.15, 0.2) is 9.64 Å². The standard InChI is InChI=1S/C13H18N4O3S/c1-17(6-10(18)14-9-4-5-9)11(19)7-21-13-16-15-12(20-13)8-2-3-8/h8-9H,2-7H2,1H3,(H,14,18). The number of likely N-dealkylation sites (N-methyl/N-ethyl adjacent to an activating group) is 1. The van der Waals surface area contributed by atoms with Crippen LogP contribution in [0.3, 0.4) is 0 Å². The van der Waals surface area contributed by atoms with E-state index in [4.69, 9.17) is 4.42 Å². The lowest BCUT2D eigenvalue weighted by Gasteiger charge is -2.15. The highest BCUT2D eigenvalue weighted by molar-refractivity contribution is 7.99. The van der Waals surface area contributed by atoms with Gasteiger partial charge in [-0.1, -0.05) is 11.8 Å². The quantitative estimate of drug-likeness (QED) is 0.749. The maximum absolute atomic E-state index is 11.9. The molecular weight excluding hydrogens is 292 g/mol. The fourth-order valence-corrected chi connectivity index (χ4v) is 2.52. The van der Waals surface area contributed by atoms with Gasteiger partial charge in [0.1, 0.15) is 0 Å². The van der Waals surface area contributed by atoms with Crippen LogP contribution in [0.4, 0.5) is 0 Å². The number of carbonyl (C=O) groups excluding carboxylic acids is 2. The number of hydrogen-bond acceptors (Lipinski definition) is 6. The van der Waals surface area contributed by atoms with E-state index in [1.165, 1.54) is 16.7 Å². The molecule has 0 unspecified atom stereocenters. The smallest absolute Gasteiger partial charge is 0.277 e. The molecule has 2 aliphatic rings. The van der Waals surface area contributed by atoms with Gasteiger partial charge >= 0.3 is 0 Å². The molecule has 8 heteroatoms. The lowest BCUT2D eigenvalue weighted by Crippen LogP contribution is -2.39. The Kier molecular flexibility index (Phi) is 4.14. The van der Waals surface area contributed by atoms with Gasteiger partial charge in [0.15, 0.2) is 0 Å². The third-order valence-corrected chi connectivity index (χ3v) is 4.22.